The Bertz CT molecular complexity index is 1160. The maximum atomic E-state index is 14.4. The summed E-state index contributed by atoms with van der Waals surface area (Å²) in [6.07, 6.45) is 11.0. The summed E-state index contributed by atoms with van der Waals surface area (Å²) < 4.78 is 14.4. The summed E-state index contributed by atoms with van der Waals surface area (Å²) in [5.41, 5.74) is 3.10. The Morgan fingerprint density at radius 2 is 1.89 bits per heavy atom. The second-order valence-electron chi connectivity index (χ2n) is 9.94. The van der Waals surface area contributed by atoms with Crippen molar-refractivity contribution in [1.82, 2.24) is 16.0 Å². The van der Waals surface area contributed by atoms with Crippen molar-refractivity contribution in [2.24, 2.45) is 0 Å². The molecule has 1 saturated carbocycles. The Hall–Kier alpha value is -3.45. The van der Waals surface area contributed by atoms with Crippen molar-refractivity contribution in [3.05, 3.63) is 89.4 Å². The summed E-state index contributed by atoms with van der Waals surface area (Å²) in [7, 11) is 0. The van der Waals surface area contributed by atoms with Gasteiger partial charge in [-0.25, -0.2) is 4.39 Å². The minimum atomic E-state index is -0.920. The lowest BCUT2D eigenvalue weighted by molar-refractivity contribution is -0.127. The van der Waals surface area contributed by atoms with Crippen LogP contribution in [0.5, 0.6) is 0 Å². The molecule has 1 aliphatic heterocycles. The smallest absolute Gasteiger partial charge is 0.248 e. The topological polar surface area (TPSA) is 73.5 Å². The number of nitrogens with zero attached hydrogens (tertiary/aromatic N) is 1. The average Bonchev–Trinajstić information content (AvgIpc) is 2.89. The number of halogens is 1. The third-order valence-corrected chi connectivity index (χ3v) is 7.21. The fourth-order valence-electron chi connectivity index (χ4n) is 5.12. The highest BCUT2D eigenvalue weighted by atomic mass is 19.1. The zero-order chi connectivity index (χ0) is 26.2. The van der Waals surface area contributed by atoms with Gasteiger partial charge in [0.1, 0.15) is 11.9 Å². The Morgan fingerprint density at radius 3 is 2.62 bits per heavy atom. The lowest BCUT2D eigenvalue weighted by atomic mass is 9.93. The van der Waals surface area contributed by atoms with Gasteiger partial charge in [-0.3, -0.25) is 14.5 Å². The van der Waals surface area contributed by atoms with Gasteiger partial charge < -0.3 is 16.0 Å². The van der Waals surface area contributed by atoms with Gasteiger partial charge in [-0.1, -0.05) is 55.7 Å². The number of nitrogens with one attached hydrogen (secondary N) is 3. The second-order valence-corrected chi connectivity index (χ2v) is 9.94. The number of allylic oxidation sites excluding steroid dienone is 2. The van der Waals surface area contributed by atoms with Crippen molar-refractivity contribution < 1.29 is 14.0 Å². The molecule has 0 aromatic heterocycles. The van der Waals surface area contributed by atoms with Crippen LogP contribution in [0, 0.1) is 12.7 Å². The van der Waals surface area contributed by atoms with Crippen LogP contribution >= 0.6 is 0 Å². The molecule has 1 fully saturated rings. The number of dihydropyridines is 1. The zero-order valence-electron chi connectivity index (χ0n) is 21.7. The molecule has 7 heteroatoms. The van der Waals surface area contributed by atoms with Crippen molar-refractivity contribution >= 4 is 17.5 Å². The van der Waals surface area contributed by atoms with Gasteiger partial charge in [-0.2, -0.15) is 0 Å². The van der Waals surface area contributed by atoms with E-state index in [-0.39, 0.29) is 30.4 Å². The molecule has 3 N–H and O–H groups in total. The van der Waals surface area contributed by atoms with E-state index in [2.05, 4.69) is 22.9 Å². The lowest BCUT2D eigenvalue weighted by Crippen LogP contribution is -2.49. The van der Waals surface area contributed by atoms with Gasteiger partial charge in [0.15, 0.2) is 0 Å². The first-order valence-electron chi connectivity index (χ1n) is 13.2. The zero-order valence-corrected chi connectivity index (χ0v) is 21.7. The second kappa shape index (κ2) is 12.7. The van der Waals surface area contributed by atoms with E-state index >= 15 is 0 Å². The molecule has 2 unspecified atom stereocenters. The first-order chi connectivity index (χ1) is 17.9. The van der Waals surface area contributed by atoms with E-state index in [4.69, 9.17) is 0 Å². The summed E-state index contributed by atoms with van der Waals surface area (Å²) in [4.78, 5) is 29.2. The van der Waals surface area contributed by atoms with E-state index in [0.29, 0.717) is 12.2 Å². The van der Waals surface area contributed by atoms with Crippen LogP contribution in [0.2, 0.25) is 0 Å². The molecule has 0 saturated heterocycles. The van der Waals surface area contributed by atoms with Crippen molar-refractivity contribution in [2.45, 2.75) is 64.1 Å². The molecular formula is C30H37FN4O2. The van der Waals surface area contributed by atoms with Crippen LogP contribution in [0.3, 0.4) is 0 Å². The third kappa shape index (κ3) is 6.86. The van der Waals surface area contributed by atoms with Crippen LogP contribution in [-0.2, 0) is 9.59 Å². The number of benzene rings is 2. The van der Waals surface area contributed by atoms with E-state index in [0.717, 1.165) is 42.4 Å². The molecule has 2 atom stereocenters. The fraction of sp³-hybridized carbons (Fsp3) is 0.400. The summed E-state index contributed by atoms with van der Waals surface area (Å²) in [6, 6.07) is 12.8. The van der Waals surface area contributed by atoms with Crippen LogP contribution in [0.15, 0.2) is 72.5 Å². The fourth-order valence-corrected chi connectivity index (χ4v) is 5.12. The summed E-state index contributed by atoms with van der Waals surface area (Å²) >= 11 is 0. The maximum absolute atomic E-state index is 14.4. The number of hydrogen-bond donors (Lipinski definition) is 3. The van der Waals surface area contributed by atoms with Crippen molar-refractivity contribution in [3.8, 4) is 0 Å². The average molecular weight is 505 g/mol. The number of rotatable bonds is 9. The van der Waals surface area contributed by atoms with Gasteiger partial charge in [0.05, 0.1) is 6.54 Å². The molecule has 37 heavy (non-hydrogen) atoms. The Morgan fingerprint density at radius 1 is 1.11 bits per heavy atom. The Balaban J connectivity index is 1.65. The molecule has 0 bridgehead atoms. The van der Waals surface area contributed by atoms with E-state index < -0.39 is 11.9 Å². The summed E-state index contributed by atoms with van der Waals surface area (Å²) in [5.74, 6) is -1.000. The molecule has 2 aliphatic rings. The first-order valence-corrected chi connectivity index (χ1v) is 13.2. The maximum Gasteiger partial charge on any atom is 0.248 e. The van der Waals surface area contributed by atoms with Crippen LogP contribution < -0.4 is 20.9 Å². The number of carbonyl (C=O) groups is 2. The minimum Gasteiger partial charge on any atom is -0.385 e. The standard InChI is InChI=1S/C30H37FN4O2/c1-21-10-6-7-16-27(21)29(30(37)34-25-13-4-3-5-14-25)35(26-15-8-12-24(31)18-26)28(36)20-32-19-23-11-9-17-33-22(23)2/h6-12,15-18,22,25,29,32-33H,3-5,13-14,19-20H2,1-2H3,(H,34,37). The lowest BCUT2D eigenvalue weighted by Gasteiger charge is -2.34. The van der Waals surface area contributed by atoms with Crippen LogP contribution in [0.25, 0.3) is 0 Å². The van der Waals surface area contributed by atoms with E-state index in [1.807, 2.05) is 49.5 Å². The van der Waals surface area contributed by atoms with Crippen molar-refractivity contribution in [3.63, 3.8) is 0 Å². The number of carbonyl (C=O) groups excluding carboxylic acids is 2. The Kier molecular flexibility index (Phi) is 9.12. The molecular weight excluding hydrogens is 467 g/mol. The molecule has 0 radical (unpaired) electrons. The van der Waals surface area contributed by atoms with Gasteiger partial charge in [-0.05, 0) is 73.9 Å². The molecule has 0 spiro atoms. The molecule has 4 rings (SSSR count). The van der Waals surface area contributed by atoms with E-state index in [1.165, 1.54) is 23.5 Å². The van der Waals surface area contributed by atoms with Gasteiger partial charge in [0, 0.05) is 24.3 Å². The van der Waals surface area contributed by atoms with Crippen molar-refractivity contribution in [2.75, 3.05) is 18.0 Å². The van der Waals surface area contributed by atoms with Crippen LogP contribution in [0.1, 0.15) is 56.2 Å². The number of anilines is 1. The summed E-state index contributed by atoms with van der Waals surface area (Å²) in [5, 5.41) is 9.68. The quantitative estimate of drug-likeness (QED) is 0.464. The van der Waals surface area contributed by atoms with Crippen LogP contribution in [0.4, 0.5) is 10.1 Å². The molecule has 1 aliphatic carbocycles. The third-order valence-electron chi connectivity index (χ3n) is 7.21. The highest BCUT2D eigenvalue weighted by molar-refractivity contribution is 6.02. The first kappa shape index (κ1) is 26.6. The largest absolute Gasteiger partial charge is 0.385 e. The predicted octanol–water partition coefficient (Wildman–Crippen LogP) is 4.68. The predicted molar refractivity (Wildman–Crippen MR) is 146 cm³/mol. The highest BCUT2D eigenvalue weighted by Gasteiger charge is 2.35. The number of hydrogen-bond acceptors (Lipinski definition) is 4. The normalized spacial score (nSPS) is 18.5. The van der Waals surface area contributed by atoms with E-state index in [9.17, 15) is 14.0 Å². The monoisotopic (exact) mass is 504 g/mol. The molecule has 6 nitrogen and oxygen atoms in total. The van der Waals surface area contributed by atoms with Gasteiger partial charge >= 0.3 is 0 Å². The van der Waals surface area contributed by atoms with Gasteiger partial charge in [0.25, 0.3) is 0 Å². The Labute approximate surface area is 219 Å². The molecule has 2 aromatic rings. The van der Waals surface area contributed by atoms with E-state index in [1.54, 1.807) is 12.1 Å². The SMILES string of the molecule is Cc1ccccc1C(C(=O)NC1CCCCC1)N(C(=O)CNCC1=CC=CNC1C)c1cccc(F)c1. The highest BCUT2D eigenvalue weighted by Crippen LogP contribution is 2.31. The number of aryl methyl sites for hydroxylation is 1. The van der Waals surface area contributed by atoms with Crippen molar-refractivity contribution in [1.29, 1.82) is 0 Å². The summed E-state index contributed by atoms with van der Waals surface area (Å²) in [6.45, 7) is 4.51. The molecule has 196 valence electrons. The number of amides is 2. The minimum absolute atomic E-state index is 0.00335. The van der Waals surface area contributed by atoms with Crippen LogP contribution in [-0.4, -0.2) is 37.0 Å². The molecule has 2 aromatic carbocycles. The van der Waals surface area contributed by atoms with Gasteiger partial charge in [-0.15, -0.1) is 0 Å². The molecule has 1 heterocycles. The van der Waals surface area contributed by atoms with Gasteiger partial charge in [0.2, 0.25) is 11.8 Å². The molecule has 2 amide bonds.